The number of allylic oxidation sites excluding steroid dienone is 1. The highest BCUT2D eigenvalue weighted by molar-refractivity contribution is 7.98. The predicted molar refractivity (Wildman–Crippen MR) is 99.1 cm³/mol. The molecule has 1 unspecified atom stereocenters. The van der Waals surface area contributed by atoms with E-state index in [1.165, 1.54) is 19.9 Å². The lowest BCUT2D eigenvalue weighted by Gasteiger charge is -2.22. The number of carboxylic acid groups (broad SMARTS) is 1. The van der Waals surface area contributed by atoms with Crippen molar-refractivity contribution in [3.63, 3.8) is 0 Å². The first-order chi connectivity index (χ1) is 11.9. The third-order valence-electron chi connectivity index (χ3n) is 3.81. The predicted octanol–water partition coefficient (Wildman–Crippen LogP) is 4.17. The molecule has 2 aromatic rings. The molecule has 0 heterocycles. The zero-order valence-electron chi connectivity index (χ0n) is 14.4. The van der Waals surface area contributed by atoms with Crippen LogP contribution in [0, 0.1) is 0 Å². The fourth-order valence-corrected chi connectivity index (χ4v) is 2.78. The molecule has 0 amide bonds. The fourth-order valence-electron chi connectivity index (χ4n) is 2.37. The van der Waals surface area contributed by atoms with Gasteiger partial charge in [-0.25, -0.2) is 9.59 Å². The van der Waals surface area contributed by atoms with Crippen molar-refractivity contribution in [2.24, 2.45) is 0 Å². The molecule has 0 spiro atoms. The molecule has 130 valence electrons. The highest BCUT2D eigenvalue weighted by Gasteiger charge is 2.29. The summed E-state index contributed by atoms with van der Waals surface area (Å²) in [5.74, 6) is 0.984. The number of carbonyl (C=O) groups is 1. The van der Waals surface area contributed by atoms with Gasteiger partial charge in [-0.15, -0.1) is 11.8 Å². The van der Waals surface area contributed by atoms with Crippen molar-refractivity contribution in [3.05, 3.63) is 65.7 Å². The molecule has 2 aromatic carbocycles. The van der Waals surface area contributed by atoms with Gasteiger partial charge in [-0.05, 0) is 55.5 Å². The first kappa shape index (κ1) is 18.8. The lowest BCUT2D eigenvalue weighted by atomic mass is 9.91. The minimum Gasteiger partial charge on any atom is -0.478 e. The Kier molecular flexibility index (Phi) is 6.07. The van der Waals surface area contributed by atoms with Gasteiger partial charge in [-0.2, -0.15) is 0 Å². The third-order valence-corrected chi connectivity index (χ3v) is 4.56. The van der Waals surface area contributed by atoms with E-state index in [1.807, 2.05) is 42.5 Å². The first-order valence-corrected chi connectivity index (χ1v) is 8.97. The van der Waals surface area contributed by atoms with Gasteiger partial charge in [0.25, 0.3) is 0 Å². The average Bonchev–Trinajstić information content (AvgIpc) is 2.59. The second-order valence-corrected chi connectivity index (χ2v) is 6.91. The first-order valence-electron chi connectivity index (χ1n) is 7.74. The van der Waals surface area contributed by atoms with E-state index >= 15 is 0 Å². The summed E-state index contributed by atoms with van der Waals surface area (Å²) in [5, 5.41) is 9.21. The normalized spacial score (nSPS) is 12.1. The standard InChI is InChI=1S/C20H20O4S/c1-20(2,19(22)23)24-16-6-4-5-15(13-16)18(11-12-21)14-7-9-17(25-3)10-8-14/h4-11,13,18H,1-3H3,(H,22,23). The van der Waals surface area contributed by atoms with Gasteiger partial charge in [0.05, 0.1) is 0 Å². The molecule has 0 aliphatic carbocycles. The minimum absolute atomic E-state index is 0.273. The van der Waals surface area contributed by atoms with Crippen LogP contribution in [0.3, 0.4) is 0 Å². The molecule has 0 fully saturated rings. The van der Waals surface area contributed by atoms with Crippen molar-refractivity contribution in [2.75, 3.05) is 6.26 Å². The summed E-state index contributed by atoms with van der Waals surface area (Å²) in [4.78, 5) is 23.4. The summed E-state index contributed by atoms with van der Waals surface area (Å²) in [6, 6.07) is 15.1. The Balaban J connectivity index is 2.37. The van der Waals surface area contributed by atoms with E-state index in [0.717, 1.165) is 16.0 Å². The molecule has 0 aliphatic heterocycles. The Morgan fingerprint density at radius 3 is 2.44 bits per heavy atom. The molecule has 0 bridgehead atoms. The Bertz CT molecular complexity index is 790. The van der Waals surface area contributed by atoms with Crippen LogP contribution in [0.25, 0.3) is 0 Å². The highest BCUT2D eigenvalue weighted by Crippen LogP contribution is 2.30. The van der Waals surface area contributed by atoms with E-state index in [1.54, 1.807) is 30.0 Å². The van der Waals surface area contributed by atoms with E-state index in [0.29, 0.717) is 5.75 Å². The summed E-state index contributed by atoms with van der Waals surface area (Å²) in [7, 11) is 0. The maximum absolute atomic E-state index is 11.2. The van der Waals surface area contributed by atoms with E-state index in [4.69, 9.17) is 4.74 Å². The molecular formula is C20H20O4S. The molecule has 0 saturated heterocycles. The lowest BCUT2D eigenvalue weighted by molar-refractivity contribution is -0.152. The van der Waals surface area contributed by atoms with Crippen LogP contribution in [-0.2, 0) is 9.59 Å². The smallest absolute Gasteiger partial charge is 0.347 e. The zero-order chi connectivity index (χ0) is 18.4. The number of benzene rings is 2. The second-order valence-electron chi connectivity index (χ2n) is 6.03. The van der Waals surface area contributed by atoms with Gasteiger partial charge in [0.15, 0.2) is 5.60 Å². The molecule has 25 heavy (non-hydrogen) atoms. The second kappa shape index (κ2) is 8.06. The molecule has 1 atom stereocenters. The van der Waals surface area contributed by atoms with Gasteiger partial charge in [-0.3, -0.25) is 0 Å². The van der Waals surface area contributed by atoms with Crippen molar-refractivity contribution in [3.8, 4) is 5.75 Å². The number of rotatable bonds is 7. The molecule has 4 nitrogen and oxygen atoms in total. The van der Waals surface area contributed by atoms with Crippen molar-refractivity contribution in [1.29, 1.82) is 0 Å². The Morgan fingerprint density at radius 1 is 1.20 bits per heavy atom. The summed E-state index contributed by atoms with van der Waals surface area (Å²) >= 11 is 1.65. The number of carboxylic acids is 1. The van der Waals surface area contributed by atoms with Gasteiger partial charge in [0, 0.05) is 16.9 Å². The van der Waals surface area contributed by atoms with Crippen LogP contribution >= 0.6 is 11.8 Å². The quantitative estimate of drug-likeness (QED) is 0.596. The van der Waals surface area contributed by atoms with Crippen LogP contribution in [0.5, 0.6) is 5.75 Å². The maximum Gasteiger partial charge on any atom is 0.347 e. The molecule has 2 rings (SSSR count). The van der Waals surface area contributed by atoms with E-state index in [-0.39, 0.29) is 5.92 Å². The number of ether oxygens (including phenoxy) is 1. The molecule has 1 N–H and O–H groups in total. The summed E-state index contributed by atoms with van der Waals surface area (Å²) in [6.07, 6.45) is 3.46. The topological polar surface area (TPSA) is 63.6 Å². The lowest BCUT2D eigenvalue weighted by Crippen LogP contribution is -2.37. The number of hydrogen-bond acceptors (Lipinski definition) is 4. The Labute approximate surface area is 151 Å². The minimum atomic E-state index is -1.34. The highest BCUT2D eigenvalue weighted by atomic mass is 32.2. The maximum atomic E-state index is 11.2. The monoisotopic (exact) mass is 356 g/mol. The molecule has 0 aromatic heterocycles. The van der Waals surface area contributed by atoms with Crippen molar-refractivity contribution in [1.82, 2.24) is 0 Å². The summed E-state index contributed by atoms with van der Waals surface area (Å²) < 4.78 is 5.59. The summed E-state index contributed by atoms with van der Waals surface area (Å²) in [6.45, 7) is 2.98. The average molecular weight is 356 g/mol. The van der Waals surface area contributed by atoms with Gasteiger partial charge >= 0.3 is 5.97 Å². The van der Waals surface area contributed by atoms with Gasteiger partial charge in [-0.1, -0.05) is 24.3 Å². The summed E-state index contributed by atoms with van der Waals surface area (Å²) in [5.41, 5.74) is 0.448. The van der Waals surface area contributed by atoms with E-state index < -0.39 is 11.6 Å². The third kappa shape index (κ3) is 4.75. The number of thioether (sulfide) groups is 1. The number of hydrogen-bond donors (Lipinski definition) is 1. The van der Waals surface area contributed by atoms with Gasteiger partial charge in [0.2, 0.25) is 0 Å². The van der Waals surface area contributed by atoms with Gasteiger partial charge in [0.1, 0.15) is 11.7 Å². The van der Waals surface area contributed by atoms with E-state index in [2.05, 4.69) is 0 Å². The number of carbonyl (C=O) groups excluding carboxylic acids is 1. The van der Waals surface area contributed by atoms with Crippen LogP contribution in [-0.4, -0.2) is 28.9 Å². The largest absolute Gasteiger partial charge is 0.478 e. The Hall–Kier alpha value is -2.49. The molecule has 5 heteroatoms. The van der Waals surface area contributed by atoms with Crippen molar-refractivity contribution >= 4 is 23.7 Å². The number of aliphatic carboxylic acids is 1. The van der Waals surface area contributed by atoms with Crippen LogP contribution in [0.4, 0.5) is 0 Å². The van der Waals surface area contributed by atoms with Crippen LogP contribution in [0.15, 0.2) is 59.5 Å². The molecular weight excluding hydrogens is 336 g/mol. The molecule has 0 radical (unpaired) electrons. The van der Waals surface area contributed by atoms with Gasteiger partial charge < -0.3 is 9.84 Å². The van der Waals surface area contributed by atoms with Crippen LogP contribution in [0.2, 0.25) is 0 Å². The molecule has 0 saturated carbocycles. The fraction of sp³-hybridized carbons (Fsp3) is 0.250. The SMILES string of the molecule is CSc1ccc(C(C=C=O)c2cccc(OC(C)(C)C(=O)O)c2)cc1. The Morgan fingerprint density at radius 2 is 1.88 bits per heavy atom. The van der Waals surface area contributed by atoms with Crippen molar-refractivity contribution < 1.29 is 19.4 Å². The molecule has 0 aliphatic rings. The zero-order valence-corrected chi connectivity index (χ0v) is 15.2. The van der Waals surface area contributed by atoms with Crippen molar-refractivity contribution in [2.45, 2.75) is 30.3 Å². The van der Waals surface area contributed by atoms with E-state index in [9.17, 15) is 14.7 Å². The van der Waals surface area contributed by atoms with Crippen LogP contribution in [0.1, 0.15) is 30.9 Å². The van der Waals surface area contributed by atoms with Crippen LogP contribution < -0.4 is 4.74 Å².